The van der Waals surface area contributed by atoms with E-state index in [2.05, 4.69) is 5.32 Å². The molecule has 2 rings (SSSR count). The van der Waals surface area contributed by atoms with Crippen molar-refractivity contribution < 1.29 is 9.59 Å². The van der Waals surface area contributed by atoms with Crippen LogP contribution in [0, 0.1) is 0 Å². The van der Waals surface area contributed by atoms with Crippen LogP contribution in [0.3, 0.4) is 0 Å². The zero-order valence-electron chi connectivity index (χ0n) is 10.5. The Kier molecular flexibility index (Phi) is 3.91. The summed E-state index contributed by atoms with van der Waals surface area (Å²) in [7, 11) is 0. The van der Waals surface area contributed by atoms with E-state index in [-0.39, 0.29) is 24.3 Å². The lowest BCUT2D eigenvalue weighted by atomic mass is 10.2. The minimum absolute atomic E-state index is 0.0607. The standard InChI is InChI=1S/C13H16N2O2S/c1-9(2)14-12(16)7-13(17)15-8-18-11-6-4-3-5-10(11)15/h3-6,9H,7-8H2,1-2H3,(H,14,16). The molecule has 96 valence electrons. The largest absolute Gasteiger partial charge is 0.353 e. The van der Waals surface area contributed by atoms with Crippen molar-refractivity contribution in [2.24, 2.45) is 0 Å². The van der Waals surface area contributed by atoms with Crippen molar-refractivity contribution in [3.05, 3.63) is 24.3 Å². The molecule has 1 aliphatic heterocycles. The van der Waals surface area contributed by atoms with Crippen LogP contribution in [0.4, 0.5) is 5.69 Å². The summed E-state index contributed by atoms with van der Waals surface area (Å²) < 4.78 is 0. The van der Waals surface area contributed by atoms with Crippen molar-refractivity contribution in [2.45, 2.75) is 31.2 Å². The third-order valence-electron chi connectivity index (χ3n) is 2.57. The van der Waals surface area contributed by atoms with Crippen LogP contribution in [0.25, 0.3) is 0 Å². The number of hydrogen-bond donors (Lipinski definition) is 1. The number of carbonyl (C=O) groups is 2. The number of fused-ring (bicyclic) bond motifs is 1. The van der Waals surface area contributed by atoms with Gasteiger partial charge in [0.25, 0.3) is 0 Å². The van der Waals surface area contributed by atoms with Gasteiger partial charge in [0.05, 0.1) is 11.6 Å². The van der Waals surface area contributed by atoms with Gasteiger partial charge < -0.3 is 10.2 Å². The number of para-hydroxylation sites is 1. The zero-order valence-corrected chi connectivity index (χ0v) is 11.3. The molecule has 4 nitrogen and oxygen atoms in total. The molecule has 0 radical (unpaired) electrons. The summed E-state index contributed by atoms with van der Waals surface area (Å²) in [5, 5.41) is 2.73. The van der Waals surface area contributed by atoms with Gasteiger partial charge in [-0.05, 0) is 26.0 Å². The molecule has 1 aromatic carbocycles. The summed E-state index contributed by atoms with van der Waals surface area (Å²) in [4.78, 5) is 26.4. The molecule has 0 atom stereocenters. The first-order valence-corrected chi connectivity index (χ1v) is 6.88. The third-order valence-corrected chi connectivity index (χ3v) is 3.61. The molecule has 0 saturated heterocycles. The van der Waals surface area contributed by atoms with Crippen LogP contribution in [0.5, 0.6) is 0 Å². The third kappa shape index (κ3) is 2.85. The molecular weight excluding hydrogens is 248 g/mol. The number of anilines is 1. The first-order valence-electron chi connectivity index (χ1n) is 5.89. The van der Waals surface area contributed by atoms with Gasteiger partial charge in [0, 0.05) is 10.9 Å². The SMILES string of the molecule is CC(C)NC(=O)CC(=O)N1CSc2ccccc21. The zero-order chi connectivity index (χ0) is 13.1. The number of benzene rings is 1. The second kappa shape index (κ2) is 5.44. The number of hydrogen-bond acceptors (Lipinski definition) is 3. The van der Waals surface area contributed by atoms with Crippen LogP contribution >= 0.6 is 11.8 Å². The second-order valence-electron chi connectivity index (χ2n) is 4.46. The molecule has 0 aliphatic carbocycles. The van der Waals surface area contributed by atoms with Gasteiger partial charge in [-0.15, -0.1) is 11.8 Å². The number of amides is 2. The number of thioether (sulfide) groups is 1. The molecule has 18 heavy (non-hydrogen) atoms. The predicted octanol–water partition coefficient (Wildman–Crippen LogP) is 2.00. The fourth-order valence-electron chi connectivity index (χ4n) is 1.82. The summed E-state index contributed by atoms with van der Waals surface area (Å²) in [6.07, 6.45) is -0.0902. The summed E-state index contributed by atoms with van der Waals surface area (Å²) in [6, 6.07) is 7.81. The maximum atomic E-state index is 12.1. The van der Waals surface area contributed by atoms with Crippen LogP contribution < -0.4 is 10.2 Å². The van der Waals surface area contributed by atoms with Gasteiger partial charge in [0.2, 0.25) is 11.8 Å². The van der Waals surface area contributed by atoms with Gasteiger partial charge in [-0.3, -0.25) is 9.59 Å². The number of rotatable bonds is 3. The fourth-order valence-corrected chi connectivity index (χ4v) is 2.87. The average Bonchev–Trinajstić information content (AvgIpc) is 2.71. The Hall–Kier alpha value is -1.49. The predicted molar refractivity (Wildman–Crippen MR) is 72.5 cm³/mol. The highest BCUT2D eigenvalue weighted by Crippen LogP contribution is 2.38. The highest BCUT2D eigenvalue weighted by Gasteiger charge is 2.26. The molecule has 1 aliphatic rings. The van der Waals surface area contributed by atoms with Crippen molar-refractivity contribution in [3.8, 4) is 0 Å². The van der Waals surface area contributed by atoms with Crippen molar-refractivity contribution in [1.82, 2.24) is 5.32 Å². The number of nitrogens with one attached hydrogen (secondary N) is 1. The lowest BCUT2D eigenvalue weighted by Gasteiger charge is -2.16. The Labute approximate surface area is 111 Å². The maximum absolute atomic E-state index is 12.1. The quantitative estimate of drug-likeness (QED) is 0.849. The van der Waals surface area contributed by atoms with Gasteiger partial charge in [-0.1, -0.05) is 12.1 Å². The summed E-state index contributed by atoms with van der Waals surface area (Å²) in [6.45, 7) is 3.76. The molecule has 0 bridgehead atoms. The van der Waals surface area contributed by atoms with Crippen LogP contribution in [-0.4, -0.2) is 23.7 Å². The van der Waals surface area contributed by atoms with E-state index in [4.69, 9.17) is 0 Å². The Balaban J connectivity index is 2.01. The van der Waals surface area contributed by atoms with Gasteiger partial charge in [0.15, 0.2) is 0 Å². The van der Waals surface area contributed by atoms with E-state index < -0.39 is 0 Å². The molecule has 0 fully saturated rings. The Morgan fingerprint density at radius 1 is 1.39 bits per heavy atom. The highest BCUT2D eigenvalue weighted by atomic mass is 32.2. The lowest BCUT2D eigenvalue weighted by Crippen LogP contribution is -2.36. The average molecular weight is 264 g/mol. The van der Waals surface area contributed by atoms with E-state index in [1.165, 1.54) is 0 Å². The minimum Gasteiger partial charge on any atom is -0.353 e. The number of carbonyl (C=O) groups excluding carboxylic acids is 2. The second-order valence-corrected chi connectivity index (χ2v) is 5.45. The van der Waals surface area contributed by atoms with Gasteiger partial charge in [-0.2, -0.15) is 0 Å². The van der Waals surface area contributed by atoms with E-state index in [0.29, 0.717) is 5.88 Å². The van der Waals surface area contributed by atoms with Crippen LogP contribution in [0.15, 0.2) is 29.2 Å². The van der Waals surface area contributed by atoms with Crippen LogP contribution in [0.1, 0.15) is 20.3 Å². The normalized spacial score (nSPS) is 13.6. The van der Waals surface area contributed by atoms with Crippen molar-refractivity contribution in [2.75, 3.05) is 10.8 Å². The van der Waals surface area contributed by atoms with Crippen molar-refractivity contribution in [1.29, 1.82) is 0 Å². The van der Waals surface area contributed by atoms with E-state index in [1.807, 2.05) is 38.1 Å². The van der Waals surface area contributed by atoms with E-state index in [0.717, 1.165) is 10.6 Å². The maximum Gasteiger partial charge on any atom is 0.237 e. The van der Waals surface area contributed by atoms with Gasteiger partial charge in [-0.25, -0.2) is 0 Å². The highest BCUT2D eigenvalue weighted by molar-refractivity contribution is 8.00. The molecule has 1 aromatic rings. The first-order chi connectivity index (χ1) is 8.58. The van der Waals surface area contributed by atoms with E-state index >= 15 is 0 Å². The topological polar surface area (TPSA) is 49.4 Å². The Morgan fingerprint density at radius 2 is 2.11 bits per heavy atom. The van der Waals surface area contributed by atoms with E-state index in [1.54, 1.807) is 16.7 Å². The molecule has 5 heteroatoms. The van der Waals surface area contributed by atoms with Crippen LogP contribution in [-0.2, 0) is 9.59 Å². The van der Waals surface area contributed by atoms with Crippen molar-refractivity contribution in [3.63, 3.8) is 0 Å². The van der Waals surface area contributed by atoms with E-state index in [9.17, 15) is 9.59 Å². The molecule has 0 unspecified atom stereocenters. The fraction of sp³-hybridized carbons (Fsp3) is 0.385. The number of nitrogens with zero attached hydrogens (tertiary/aromatic N) is 1. The van der Waals surface area contributed by atoms with Gasteiger partial charge >= 0.3 is 0 Å². The molecule has 0 spiro atoms. The van der Waals surface area contributed by atoms with Gasteiger partial charge in [0.1, 0.15) is 6.42 Å². The Morgan fingerprint density at radius 3 is 2.83 bits per heavy atom. The monoisotopic (exact) mass is 264 g/mol. The summed E-state index contributed by atoms with van der Waals surface area (Å²) in [5.74, 6) is 0.225. The summed E-state index contributed by atoms with van der Waals surface area (Å²) in [5.41, 5.74) is 0.907. The molecule has 0 saturated carbocycles. The molecule has 2 amide bonds. The smallest absolute Gasteiger partial charge is 0.237 e. The molecule has 1 heterocycles. The summed E-state index contributed by atoms with van der Waals surface area (Å²) >= 11 is 1.62. The molecule has 1 N–H and O–H groups in total. The van der Waals surface area contributed by atoms with Crippen LogP contribution in [0.2, 0.25) is 0 Å². The van der Waals surface area contributed by atoms with Crippen molar-refractivity contribution >= 4 is 29.3 Å². The first kappa shape index (κ1) is 13.0. The lowest BCUT2D eigenvalue weighted by molar-refractivity contribution is -0.128. The molecular formula is C13H16N2O2S. The molecule has 0 aromatic heterocycles. The Bertz CT molecular complexity index is 474. The minimum atomic E-state index is -0.218.